The highest BCUT2D eigenvalue weighted by Gasteiger charge is 2.29. The fourth-order valence-corrected chi connectivity index (χ4v) is 2.98. The number of amides is 1. The summed E-state index contributed by atoms with van der Waals surface area (Å²) in [5, 5.41) is 9.10. The van der Waals surface area contributed by atoms with Gasteiger partial charge in [0.15, 0.2) is 0 Å². The van der Waals surface area contributed by atoms with Gasteiger partial charge in [-0.3, -0.25) is 9.69 Å². The Kier molecular flexibility index (Phi) is 7.39. The fourth-order valence-electron chi connectivity index (χ4n) is 2.98. The Morgan fingerprint density at radius 1 is 1.26 bits per heavy atom. The maximum absolute atomic E-state index is 12.5. The average molecular weight is 270 g/mol. The zero-order valence-corrected chi connectivity index (χ0v) is 12.8. The number of aliphatic hydroxyl groups is 1. The van der Waals surface area contributed by atoms with Crippen LogP contribution in [0.25, 0.3) is 0 Å². The van der Waals surface area contributed by atoms with E-state index in [1.54, 1.807) is 0 Å². The molecular formula is C15H30N2O2. The Morgan fingerprint density at radius 2 is 1.89 bits per heavy atom. The van der Waals surface area contributed by atoms with Gasteiger partial charge in [-0.05, 0) is 46.1 Å². The lowest BCUT2D eigenvalue weighted by molar-refractivity contribution is -0.138. The first-order valence-electron chi connectivity index (χ1n) is 7.74. The van der Waals surface area contributed by atoms with Crippen molar-refractivity contribution in [1.29, 1.82) is 0 Å². The molecule has 1 aliphatic heterocycles. The molecule has 1 saturated heterocycles. The lowest BCUT2D eigenvalue weighted by atomic mass is 9.97. The molecule has 2 atom stereocenters. The van der Waals surface area contributed by atoms with Crippen molar-refractivity contribution < 1.29 is 9.90 Å². The van der Waals surface area contributed by atoms with Crippen LogP contribution in [-0.2, 0) is 4.79 Å². The van der Waals surface area contributed by atoms with Gasteiger partial charge in [0.25, 0.3) is 0 Å². The smallest absolute Gasteiger partial charge is 0.237 e. The van der Waals surface area contributed by atoms with Gasteiger partial charge in [-0.1, -0.05) is 13.3 Å². The van der Waals surface area contributed by atoms with E-state index in [1.807, 2.05) is 0 Å². The summed E-state index contributed by atoms with van der Waals surface area (Å²) in [7, 11) is 0. The topological polar surface area (TPSA) is 43.8 Å². The van der Waals surface area contributed by atoms with Crippen molar-refractivity contribution >= 4 is 5.91 Å². The predicted octanol–water partition coefficient (Wildman–Crippen LogP) is 1.87. The standard InChI is InChI=1S/C15H30N2O2/c1-4-5-9-16(10-11-18)12-15(19)17-13(2)7-6-8-14(17)3/h13-14,18H,4-12H2,1-3H3. The summed E-state index contributed by atoms with van der Waals surface area (Å²) >= 11 is 0. The molecule has 0 spiro atoms. The van der Waals surface area contributed by atoms with Crippen LogP contribution in [0.1, 0.15) is 52.9 Å². The van der Waals surface area contributed by atoms with Gasteiger partial charge >= 0.3 is 0 Å². The first-order chi connectivity index (χ1) is 9.10. The Bertz CT molecular complexity index is 261. The zero-order valence-electron chi connectivity index (χ0n) is 12.8. The molecule has 1 heterocycles. The van der Waals surface area contributed by atoms with Crippen molar-refractivity contribution in [2.24, 2.45) is 0 Å². The Labute approximate surface area is 117 Å². The molecule has 0 aromatic rings. The number of hydrogen-bond donors (Lipinski definition) is 1. The highest BCUT2D eigenvalue weighted by Crippen LogP contribution is 2.22. The first kappa shape index (κ1) is 16.4. The maximum Gasteiger partial charge on any atom is 0.237 e. The van der Waals surface area contributed by atoms with Gasteiger partial charge in [-0.25, -0.2) is 0 Å². The largest absolute Gasteiger partial charge is 0.395 e. The van der Waals surface area contributed by atoms with Crippen LogP contribution in [0.15, 0.2) is 0 Å². The summed E-state index contributed by atoms with van der Waals surface area (Å²) in [4.78, 5) is 16.6. The van der Waals surface area contributed by atoms with Crippen molar-refractivity contribution in [2.45, 2.75) is 65.0 Å². The van der Waals surface area contributed by atoms with Crippen molar-refractivity contribution in [3.05, 3.63) is 0 Å². The number of piperidine rings is 1. The fraction of sp³-hybridized carbons (Fsp3) is 0.933. The number of rotatable bonds is 7. The van der Waals surface area contributed by atoms with Gasteiger partial charge in [0.05, 0.1) is 13.2 Å². The molecule has 2 unspecified atom stereocenters. The zero-order chi connectivity index (χ0) is 14.3. The van der Waals surface area contributed by atoms with Crippen LogP contribution in [0.5, 0.6) is 0 Å². The molecule has 0 aliphatic carbocycles. The molecule has 1 amide bonds. The van der Waals surface area contributed by atoms with Crippen molar-refractivity contribution in [3.63, 3.8) is 0 Å². The highest BCUT2D eigenvalue weighted by atomic mass is 16.3. The Hall–Kier alpha value is -0.610. The second-order valence-corrected chi connectivity index (χ2v) is 5.78. The predicted molar refractivity (Wildman–Crippen MR) is 78.1 cm³/mol. The van der Waals surface area contributed by atoms with E-state index in [9.17, 15) is 4.79 Å². The molecule has 0 saturated carbocycles. The molecule has 1 rings (SSSR count). The van der Waals surface area contributed by atoms with Gasteiger partial charge in [0.2, 0.25) is 5.91 Å². The quantitative estimate of drug-likeness (QED) is 0.768. The van der Waals surface area contributed by atoms with Crippen LogP contribution in [0.3, 0.4) is 0 Å². The Morgan fingerprint density at radius 3 is 2.42 bits per heavy atom. The summed E-state index contributed by atoms with van der Waals surface area (Å²) in [6, 6.07) is 0.719. The van der Waals surface area contributed by atoms with E-state index in [-0.39, 0.29) is 12.5 Å². The number of aliphatic hydroxyl groups excluding tert-OH is 1. The number of nitrogens with zero attached hydrogens (tertiary/aromatic N) is 2. The Balaban J connectivity index is 2.53. The van der Waals surface area contributed by atoms with E-state index in [0.717, 1.165) is 32.2 Å². The molecule has 112 valence electrons. The lowest BCUT2D eigenvalue weighted by Crippen LogP contribution is -2.51. The van der Waals surface area contributed by atoms with Crippen LogP contribution in [0.4, 0.5) is 0 Å². The first-order valence-corrected chi connectivity index (χ1v) is 7.74. The number of hydrogen-bond acceptors (Lipinski definition) is 3. The molecule has 0 radical (unpaired) electrons. The van der Waals surface area contributed by atoms with Crippen molar-refractivity contribution in [2.75, 3.05) is 26.2 Å². The third-order valence-electron chi connectivity index (χ3n) is 4.08. The molecule has 4 nitrogen and oxygen atoms in total. The van der Waals surface area contributed by atoms with Gasteiger partial charge in [-0.2, -0.15) is 0 Å². The SMILES string of the molecule is CCCCN(CCO)CC(=O)N1C(C)CCCC1C. The molecule has 1 aliphatic rings. The second-order valence-electron chi connectivity index (χ2n) is 5.78. The summed E-state index contributed by atoms with van der Waals surface area (Å²) in [5.41, 5.74) is 0. The average Bonchev–Trinajstić information content (AvgIpc) is 2.36. The number of unbranched alkanes of at least 4 members (excludes halogenated alkanes) is 1. The van der Waals surface area contributed by atoms with Crippen molar-refractivity contribution in [3.8, 4) is 0 Å². The normalized spacial score (nSPS) is 23.9. The molecule has 4 heteroatoms. The molecule has 0 aromatic carbocycles. The highest BCUT2D eigenvalue weighted by molar-refractivity contribution is 5.79. The lowest BCUT2D eigenvalue weighted by Gasteiger charge is -2.40. The van der Waals surface area contributed by atoms with Gasteiger partial charge in [0.1, 0.15) is 0 Å². The van der Waals surface area contributed by atoms with E-state index >= 15 is 0 Å². The van der Waals surface area contributed by atoms with Gasteiger partial charge in [-0.15, -0.1) is 0 Å². The number of carbonyl (C=O) groups excluding carboxylic acids is 1. The van der Waals surface area contributed by atoms with Gasteiger partial charge in [0, 0.05) is 18.6 Å². The van der Waals surface area contributed by atoms with Crippen LogP contribution in [0, 0.1) is 0 Å². The number of carbonyl (C=O) groups is 1. The van der Waals surface area contributed by atoms with E-state index in [1.165, 1.54) is 6.42 Å². The molecule has 0 bridgehead atoms. The van der Waals surface area contributed by atoms with Crippen molar-refractivity contribution in [1.82, 2.24) is 9.80 Å². The van der Waals surface area contributed by atoms with Crippen LogP contribution < -0.4 is 0 Å². The second kappa shape index (κ2) is 8.54. The molecular weight excluding hydrogens is 240 g/mol. The summed E-state index contributed by atoms with van der Waals surface area (Å²) in [6.45, 7) is 8.53. The third-order valence-corrected chi connectivity index (χ3v) is 4.08. The summed E-state index contributed by atoms with van der Waals surface area (Å²) in [6.07, 6.45) is 5.66. The molecule has 0 aromatic heterocycles. The van der Waals surface area contributed by atoms with E-state index in [2.05, 4.69) is 30.6 Å². The minimum Gasteiger partial charge on any atom is -0.395 e. The molecule has 1 fully saturated rings. The van der Waals surface area contributed by atoms with E-state index in [0.29, 0.717) is 25.2 Å². The van der Waals surface area contributed by atoms with Crippen LogP contribution >= 0.6 is 0 Å². The summed E-state index contributed by atoms with van der Waals surface area (Å²) < 4.78 is 0. The minimum absolute atomic E-state index is 0.127. The van der Waals surface area contributed by atoms with E-state index < -0.39 is 0 Å². The van der Waals surface area contributed by atoms with Crippen LogP contribution in [-0.4, -0.2) is 59.1 Å². The molecule has 1 N–H and O–H groups in total. The third kappa shape index (κ3) is 5.11. The van der Waals surface area contributed by atoms with E-state index in [4.69, 9.17) is 5.11 Å². The van der Waals surface area contributed by atoms with Crippen LogP contribution in [0.2, 0.25) is 0 Å². The maximum atomic E-state index is 12.5. The van der Waals surface area contributed by atoms with Gasteiger partial charge < -0.3 is 10.0 Å². The summed E-state index contributed by atoms with van der Waals surface area (Å²) in [5.74, 6) is 0.226. The monoisotopic (exact) mass is 270 g/mol. The number of likely N-dealkylation sites (tertiary alicyclic amines) is 1. The molecule has 19 heavy (non-hydrogen) atoms. The minimum atomic E-state index is 0.127.